The molecule has 0 spiro atoms. The molecule has 2 bridgehead atoms. The van der Waals surface area contributed by atoms with Crippen molar-refractivity contribution in [1.82, 2.24) is 4.90 Å². The first-order chi connectivity index (χ1) is 8.83. The molecule has 5 heteroatoms. The fraction of sp³-hybridized carbons (Fsp3) is 0.714. The van der Waals surface area contributed by atoms with Crippen LogP contribution in [0, 0.1) is 0 Å². The number of ether oxygens (including phenoxy) is 2. The van der Waals surface area contributed by atoms with Crippen molar-refractivity contribution in [1.29, 1.82) is 0 Å². The van der Waals surface area contributed by atoms with Gasteiger partial charge in [0.1, 0.15) is 5.60 Å². The molecule has 19 heavy (non-hydrogen) atoms. The van der Waals surface area contributed by atoms with Crippen LogP contribution in [0.25, 0.3) is 0 Å². The lowest BCUT2D eigenvalue weighted by Crippen LogP contribution is -2.47. The minimum Gasteiger partial charge on any atom is -0.466 e. The second-order valence-electron chi connectivity index (χ2n) is 6.02. The van der Waals surface area contributed by atoms with E-state index >= 15 is 0 Å². The lowest BCUT2D eigenvalue weighted by atomic mass is 10.0. The van der Waals surface area contributed by atoms with Gasteiger partial charge in [-0.05, 0) is 40.0 Å². The van der Waals surface area contributed by atoms with E-state index in [4.69, 9.17) is 9.47 Å². The van der Waals surface area contributed by atoms with Gasteiger partial charge in [0.25, 0.3) is 0 Å². The van der Waals surface area contributed by atoms with Gasteiger partial charge >= 0.3 is 12.1 Å². The van der Waals surface area contributed by atoms with Crippen LogP contribution in [0.4, 0.5) is 4.79 Å². The molecule has 0 N–H and O–H groups in total. The van der Waals surface area contributed by atoms with Gasteiger partial charge in [-0.3, -0.25) is 4.90 Å². The molecular formula is C14H21NO4. The van der Waals surface area contributed by atoms with Crippen molar-refractivity contribution in [3.63, 3.8) is 0 Å². The minimum absolute atomic E-state index is 0.147. The standard InChI is InChI=1S/C14H21NO4/c1-14(2,3)19-13(17)15-9-5-7-10(12(16)18-4)11(15)8-6-9/h7,9,11H,5-6,8H2,1-4H3/t9?,11-/m0/s1. The molecule has 0 aliphatic carbocycles. The summed E-state index contributed by atoms with van der Waals surface area (Å²) in [6, 6.07) is -0.0469. The highest BCUT2D eigenvalue weighted by Crippen LogP contribution is 2.37. The molecule has 2 aliphatic heterocycles. The molecule has 0 radical (unpaired) electrons. The first-order valence-corrected chi connectivity index (χ1v) is 6.63. The molecule has 1 amide bonds. The van der Waals surface area contributed by atoms with Crippen LogP contribution in [0.3, 0.4) is 0 Å². The van der Waals surface area contributed by atoms with Crippen molar-refractivity contribution < 1.29 is 19.1 Å². The first kappa shape index (κ1) is 13.9. The molecule has 1 fully saturated rings. The summed E-state index contributed by atoms with van der Waals surface area (Å²) < 4.78 is 10.2. The summed E-state index contributed by atoms with van der Waals surface area (Å²) in [6.07, 6.45) is 3.95. The Kier molecular flexibility index (Phi) is 3.56. The van der Waals surface area contributed by atoms with Crippen molar-refractivity contribution in [3.05, 3.63) is 11.6 Å². The molecule has 0 saturated carbocycles. The van der Waals surface area contributed by atoms with Crippen LogP contribution >= 0.6 is 0 Å². The summed E-state index contributed by atoms with van der Waals surface area (Å²) in [5.74, 6) is -0.348. The third kappa shape index (κ3) is 2.74. The smallest absolute Gasteiger partial charge is 0.411 e. The molecule has 0 aromatic carbocycles. The number of rotatable bonds is 1. The average molecular weight is 267 g/mol. The Balaban J connectivity index is 2.17. The van der Waals surface area contributed by atoms with Crippen LogP contribution in [-0.4, -0.2) is 41.8 Å². The Morgan fingerprint density at radius 1 is 1.32 bits per heavy atom. The number of carbonyl (C=O) groups excluding carboxylic acids is 2. The second kappa shape index (κ2) is 4.87. The molecule has 1 unspecified atom stereocenters. The van der Waals surface area contributed by atoms with Crippen LogP contribution < -0.4 is 0 Å². The Morgan fingerprint density at radius 3 is 2.58 bits per heavy atom. The highest BCUT2D eigenvalue weighted by molar-refractivity contribution is 5.91. The second-order valence-corrected chi connectivity index (χ2v) is 6.02. The van der Waals surface area contributed by atoms with E-state index in [1.54, 1.807) is 4.90 Å². The van der Waals surface area contributed by atoms with Gasteiger partial charge in [0.05, 0.1) is 18.7 Å². The van der Waals surface area contributed by atoms with Crippen LogP contribution in [0.2, 0.25) is 0 Å². The van der Waals surface area contributed by atoms with E-state index < -0.39 is 5.60 Å². The Morgan fingerprint density at radius 2 is 2.00 bits per heavy atom. The highest BCUT2D eigenvalue weighted by atomic mass is 16.6. The summed E-state index contributed by atoms with van der Waals surface area (Å²) in [5.41, 5.74) is 0.0606. The van der Waals surface area contributed by atoms with Crippen LogP contribution in [0.15, 0.2) is 11.6 Å². The summed E-state index contributed by atoms with van der Waals surface area (Å²) in [6.45, 7) is 5.52. The lowest BCUT2D eigenvalue weighted by molar-refractivity contribution is -0.136. The maximum absolute atomic E-state index is 12.3. The van der Waals surface area contributed by atoms with Gasteiger partial charge in [0.2, 0.25) is 0 Å². The molecule has 5 nitrogen and oxygen atoms in total. The van der Waals surface area contributed by atoms with Gasteiger partial charge in [-0.1, -0.05) is 6.08 Å². The van der Waals surface area contributed by atoms with Crippen LogP contribution in [0.1, 0.15) is 40.0 Å². The molecule has 1 saturated heterocycles. The maximum atomic E-state index is 12.3. The van der Waals surface area contributed by atoms with E-state index in [0.717, 1.165) is 12.8 Å². The number of hydrogen-bond acceptors (Lipinski definition) is 4. The first-order valence-electron chi connectivity index (χ1n) is 6.63. The van der Waals surface area contributed by atoms with Gasteiger partial charge in [0.15, 0.2) is 0 Å². The van der Waals surface area contributed by atoms with Crippen molar-refractivity contribution in [2.24, 2.45) is 0 Å². The molecule has 2 rings (SSSR count). The van der Waals surface area contributed by atoms with Crippen LogP contribution in [-0.2, 0) is 14.3 Å². The average Bonchev–Trinajstić information content (AvgIpc) is 2.61. The van der Waals surface area contributed by atoms with E-state index in [2.05, 4.69) is 0 Å². The topological polar surface area (TPSA) is 55.8 Å². The minimum atomic E-state index is -0.525. The highest BCUT2D eigenvalue weighted by Gasteiger charge is 2.44. The number of carbonyl (C=O) groups is 2. The number of methoxy groups -OCH3 is 1. The van der Waals surface area contributed by atoms with Gasteiger partial charge < -0.3 is 9.47 Å². The molecular weight excluding hydrogens is 246 g/mol. The molecule has 0 aromatic rings. The number of nitrogens with zero attached hydrogens (tertiary/aromatic N) is 1. The van der Waals surface area contributed by atoms with Gasteiger partial charge in [0, 0.05) is 6.04 Å². The lowest BCUT2D eigenvalue weighted by Gasteiger charge is -2.35. The predicted octanol–water partition coefficient (Wildman–Crippen LogP) is 2.26. The van der Waals surface area contributed by atoms with E-state index in [-0.39, 0.29) is 24.1 Å². The third-order valence-corrected chi connectivity index (χ3v) is 3.50. The molecule has 0 aromatic heterocycles. The fourth-order valence-electron chi connectivity index (χ4n) is 2.75. The van der Waals surface area contributed by atoms with Crippen molar-refractivity contribution in [2.45, 2.75) is 57.7 Å². The predicted molar refractivity (Wildman–Crippen MR) is 69.6 cm³/mol. The summed E-state index contributed by atoms with van der Waals surface area (Å²) in [4.78, 5) is 25.7. The van der Waals surface area contributed by atoms with Gasteiger partial charge in [-0.25, -0.2) is 9.59 Å². The zero-order valence-electron chi connectivity index (χ0n) is 11.9. The molecule has 2 aliphatic rings. The zero-order chi connectivity index (χ0) is 14.2. The summed E-state index contributed by atoms with van der Waals surface area (Å²) in [7, 11) is 1.36. The zero-order valence-corrected chi connectivity index (χ0v) is 11.9. The Bertz CT molecular complexity index is 422. The van der Waals surface area contributed by atoms with Gasteiger partial charge in [-0.15, -0.1) is 0 Å². The van der Waals surface area contributed by atoms with E-state index in [1.165, 1.54) is 7.11 Å². The van der Waals surface area contributed by atoms with E-state index in [0.29, 0.717) is 12.0 Å². The van der Waals surface area contributed by atoms with E-state index in [9.17, 15) is 9.59 Å². The van der Waals surface area contributed by atoms with Crippen LogP contribution in [0.5, 0.6) is 0 Å². The fourth-order valence-corrected chi connectivity index (χ4v) is 2.75. The molecule has 2 atom stereocenters. The SMILES string of the molecule is COC(=O)C1=CCC2CC[C@@H]1N2C(=O)OC(C)(C)C. The van der Waals surface area contributed by atoms with Crippen molar-refractivity contribution in [3.8, 4) is 0 Å². The van der Waals surface area contributed by atoms with Crippen molar-refractivity contribution >= 4 is 12.1 Å². The quantitative estimate of drug-likeness (QED) is 0.684. The maximum Gasteiger partial charge on any atom is 0.411 e. The third-order valence-electron chi connectivity index (χ3n) is 3.50. The summed E-state index contributed by atoms with van der Waals surface area (Å²) >= 11 is 0. The number of amides is 1. The summed E-state index contributed by atoms with van der Waals surface area (Å²) in [5, 5.41) is 0. The van der Waals surface area contributed by atoms with Gasteiger partial charge in [-0.2, -0.15) is 0 Å². The number of fused-ring (bicyclic) bond motifs is 2. The monoisotopic (exact) mass is 267 g/mol. The molecule has 2 heterocycles. The number of esters is 1. The Hall–Kier alpha value is -1.52. The molecule has 106 valence electrons. The number of hydrogen-bond donors (Lipinski definition) is 0. The largest absolute Gasteiger partial charge is 0.466 e. The van der Waals surface area contributed by atoms with E-state index in [1.807, 2.05) is 26.8 Å². The Labute approximate surface area is 113 Å². The normalized spacial score (nSPS) is 25.9. The van der Waals surface area contributed by atoms with Crippen molar-refractivity contribution in [2.75, 3.05) is 7.11 Å².